The van der Waals surface area contributed by atoms with Crippen LogP contribution in [0.1, 0.15) is 37.8 Å². The average Bonchev–Trinajstić information content (AvgIpc) is 2.52. The third-order valence-corrected chi connectivity index (χ3v) is 4.97. The normalized spacial score (nSPS) is 19.4. The Morgan fingerprint density at radius 3 is 2.42 bits per heavy atom. The molecule has 1 saturated heterocycles. The first-order valence-corrected chi connectivity index (χ1v) is 8.59. The van der Waals surface area contributed by atoms with E-state index in [9.17, 15) is 0 Å². The molecule has 1 aromatic carbocycles. The first-order chi connectivity index (χ1) is 10.8. The van der Waals surface area contributed by atoms with Crippen LogP contribution < -0.4 is 14.8 Å². The lowest BCUT2D eigenvalue weighted by atomic mass is 9.76. The molecule has 0 aromatic heterocycles. The van der Waals surface area contributed by atoms with E-state index in [1.807, 2.05) is 6.92 Å². The zero-order valence-corrected chi connectivity index (χ0v) is 16.3. The fraction of sp³-hybridized carbons (Fsp3) is 0.667. The van der Waals surface area contributed by atoms with Crippen LogP contribution in [0.15, 0.2) is 18.2 Å². The van der Waals surface area contributed by atoms with Crippen LogP contribution in [0, 0.1) is 5.92 Å². The Bertz CT molecular complexity index is 492. The summed E-state index contributed by atoms with van der Waals surface area (Å²) in [4.78, 5) is 2.65. The molecule has 2 aliphatic rings. The lowest BCUT2D eigenvalue weighted by Crippen LogP contribution is -2.47. The van der Waals surface area contributed by atoms with E-state index in [1.165, 1.54) is 24.8 Å². The lowest BCUT2D eigenvalue weighted by Gasteiger charge is -2.43. The fourth-order valence-electron chi connectivity index (χ4n) is 3.64. The second-order valence-corrected chi connectivity index (χ2v) is 6.27. The number of methoxy groups -OCH3 is 1. The predicted octanol–water partition coefficient (Wildman–Crippen LogP) is 3.68. The van der Waals surface area contributed by atoms with Gasteiger partial charge in [0.2, 0.25) is 0 Å². The number of halogens is 2. The molecule has 1 N–H and O–H groups in total. The maximum atomic E-state index is 5.66. The highest BCUT2D eigenvalue weighted by Gasteiger charge is 2.33. The van der Waals surface area contributed by atoms with Gasteiger partial charge in [0.1, 0.15) is 0 Å². The first kappa shape index (κ1) is 21.4. The van der Waals surface area contributed by atoms with Crippen molar-refractivity contribution in [3.63, 3.8) is 0 Å². The summed E-state index contributed by atoms with van der Waals surface area (Å²) in [6, 6.07) is 7.03. The zero-order valence-electron chi connectivity index (χ0n) is 14.6. The zero-order chi connectivity index (χ0) is 15.4. The van der Waals surface area contributed by atoms with E-state index in [0.717, 1.165) is 43.6 Å². The second-order valence-electron chi connectivity index (χ2n) is 6.27. The molecule has 0 spiro atoms. The number of nitrogens with zero attached hydrogens (tertiary/aromatic N) is 1. The van der Waals surface area contributed by atoms with Gasteiger partial charge in [0.25, 0.3) is 0 Å². The van der Waals surface area contributed by atoms with Crippen LogP contribution in [0.3, 0.4) is 0 Å². The lowest BCUT2D eigenvalue weighted by molar-refractivity contribution is 0.0835. The number of nitrogens with one attached hydrogen (secondary N) is 1. The van der Waals surface area contributed by atoms with Gasteiger partial charge < -0.3 is 14.8 Å². The smallest absolute Gasteiger partial charge is 0.161 e. The summed E-state index contributed by atoms with van der Waals surface area (Å²) >= 11 is 0. The molecule has 24 heavy (non-hydrogen) atoms. The van der Waals surface area contributed by atoms with Crippen molar-refractivity contribution in [2.45, 2.75) is 32.2 Å². The van der Waals surface area contributed by atoms with E-state index in [-0.39, 0.29) is 24.8 Å². The highest BCUT2D eigenvalue weighted by Crippen LogP contribution is 2.43. The molecule has 0 amide bonds. The van der Waals surface area contributed by atoms with Crippen LogP contribution in [0.4, 0.5) is 0 Å². The number of rotatable bonds is 6. The van der Waals surface area contributed by atoms with Crippen molar-refractivity contribution in [3.8, 4) is 11.5 Å². The van der Waals surface area contributed by atoms with Gasteiger partial charge in [0.05, 0.1) is 13.7 Å². The van der Waals surface area contributed by atoms with Crippen molar-refractivity contribution in [2.75, 3.05) is 39.9 Å². The first-order valence-electron chi connectivity index (χ1n) is 8.59. The van der Waals surface area contributed by atoms with Crippen LogP contribution in [-0.4, -0.2) is 44.8 Å². The number of piperazine rings is 1. The van der Waals surface area contributed by atoms with Gasteiger partial charge in [0, 0.05) is 32.2 Å². The van der Waals surface area contributed by atoms with Gasteiger partial charge >= 0.3 is 0 Å². The topological polar surface area (TPSA) is 33.7 Å². The molecule has 2 fully saturated rings. The molecule has 0 unspecified atom stereocenters. The summed E-state index contributed by atoms with van der Waals surface area (Å²) in [5, 5.41) is 3.46. The molecule has 1 saturated carbocycles. The van der Waals surface area contributed by atoms with E-state index in [0.29, 0.717) is 12.6 Å². The van der Waals surface area contributed by atoms with Crippen molar-refractivity contribution in [1.29, 1.82) is 0 Å². The van der Waals surface area contributed by atoms with Crippen LogP contribution in [0.2, 0.25) is 0 Å². The molecule has 0 bridgehead atoms. The molecule has 1 aliphatic heterocycles. The third-order valence-electron chi connectivity index (χ3n) is 4.97. The number of hydrogen-bond acceptors (Lipinski definition) is 4. The second kappa shape index (κ2) is 10.3. The molecule has 1 atom stereocenters. The fourth-order valence-corrected chi connectivity index (χ4v) is 3.64. The van der Waals surface area contributed by atoms with Gasteiger partial charge in [-0.2, -0.15) is 0 Å². The Kier molecular flexibility index (Phi) is 9.21. The minimum Gasteiger partial charge on any atom is -0.493 e. The van der Waals surface area contributed by atoms with Crippen molar-refractivity contribution >= 4 is 24.8 Å². The van der Waals surface area contributed by atoms with Gasteiger partial charge in [-0.3, -0.25) is 4.90 Å². The van der Waals surface area contributed by atoms with Crippen LogP contribution in [-0.2, 0) is 0 Å². The van der Waals surface area contributed by atoms with E-state index in [2.05, 4.69) is 28.4 Å². The monoisotopic (exact) mass is 376 g/mol. The van der Waals surface area contributed by atoms with Gasteiger partial charge in [-0.25, -0.2) is 0 Å². The SMILES string of the molecule is CCOc1ccc([C@H](C2CCC2)N2CCNCC2)cc1OC.Cl.Cl. The minimum absolute atomic E-state index is 0. The average molecular weight is 377 g/mol. The summed E-state index contributed by atoms with van der Waals surface area (Å²) in [5.74, 6) is 2.50. The van der Waals surface area contributed by atoms with Crippen LogP contribution in [0.25, 0.3) is 0 Å². The highest BCUT2D eigenvalue weighted by atomic mass is 35.5. The van der Waals surface area contributed by atoms with Crippen LogP contribution >= 0.6 is 24.8 Å². The molecule has 0 radical (unpaired) electrons. The van der Waals surface area contributed by atoms with Gasteiger partial charge in [-0.05, 0) is 43.4 Å². The minimum atomic E-state index is 0. The Hall–Kier alpha value is -0.680. The molecule has 3 rings (SSSR count). The van der Waals surface area contributed by atoms with E-state index in [4.69, 9.17) is 9.47 Å². The summed E-state index contributed by atoms with van der Waals surface area (Å²) in [5.41, 5.74) is 1.38. The summed E-state index contributed by atoms with van der Waals surface area (Å²) < 4.78 is 11.2. The molecule has 1 aliphatic carbocycles. The Morgan fingerprint density at radius 2 is 1.88 bits per heavy atom. The van der Waals surface area contributed by atoms with Crippen molar-refractivity contribution in [3.05, 3.63) is 23.8 Å². The van der Waals surface area contributed by atoms with Crippen molar-refractivity contribution < 1.29 is 9.47 Å². The third kappa shape index (κ3) is 4.69. The number of benzene rings is 1. The van der Waals surface area contributed by atoms with E-state index < -0.39 is 0 Å². The summed E-state index contributed by atoms with van der Waals surface area (Å²) in [6.07, 6.45) is 4.08. The van der Waals surface area contributed by atoms with Gasteiger partial charge in [-0.1, -0.05) is 12.5 Å². The summed E-state index contributed by atoms with van der Waals surface area (Å²) in [6.45, 7) is 7.13. The van der Waals surface area contributed by atoms with Crippen molar-refractivity contribution in [1.82, 2.24) is 10.2 Å². The quantitative estimate of drug-likeness (QED) is 0.820. The Labute approximate surface area is 158 Å². The largest absolute Gasteiger partial charge is 0.493 e. The maximum Gasteiger partial charge on any atom is 0.161 e. The summed E-state index contributed by atoms with van der Waals surface area (Å²) in [7, 11) is 1.73. The molecular formula is C18H30Cl2N2O2. The maximum absolute atomic E-state index is 5.66. The van der Waals surface area contributed by atoms with Crippen molar-refractivity contribution in [2.24, 2.45) is 5.92 Å². The van der Waals surface area contributed by atoms with E-state index in [1.54, 1.807) is 7.11 Å². The molecule has 1 heterocycles. The number of hydrogen-bond donors (Lipinski definition) is 1. The van der Waals surface area contributed by atoms with Gasteiger partial charge in [0.15, 0.2) is 11.5 Å². The number of ether oxygens (including phenoxy) is 2. The molecule has 4 nitrogen and oxygen atoms in total. The Balaban J connectivity index is 0.00000144. The highest BCUT2D eigenvalue weighted by molar-refractivity contribution is 5.85. The predicted molar refractivity (Wildman–Crippen MR) is 103 cm³/mol. The van der Waals surface area contributed by atoms with Gasteiger partial charge in [-0.15, -0.1) is 24.8 Å². The molecule has 1 aromatic rings. The standard InChI is InChI=1S/C18H28N2O2.2ClH/c1-3-22-16-8-7-15(13-17(16)21-2)18(14-5-4-6-14)20-11-9-19-10-12-20;;/h7-8,13-14,18-19H,3-6,9-12H2,1-2H3;2*1H/t18-;;/m0../s1. The molecule has 138 valence electrons. The Morgan fingerprint density at radius 1 is 1.17 bits per heavy atom. The molecule has 6 heteroatoms. The van der Waals surface area contributed by atoms with E-state index >= 15 is 0 Å². The van der Waals surface area contributed by atoms with Crippen LogP contribution in [0.5, 0.6) is 11.5 Å². The molecular weight excluding hydrogens is 347 g/mol.